The van der Waals surface area contributed by atoms with E-state index in [-0.39, 0.29) is 10.8 Å². The van der Waals surface area contributed by atoms with E-state index >= 15 is 0 Å². The molecule has 31 heavy (non-hydrogen) atoms. The summed E-state index contributed by atoms with van der Waals surface area (Å²) in [5, 5.41) is 2.69. The topological polar surface area (TPSA) is 0 Å². The van der Waals surface area contributed by atoms with E-state index in [0.29, 0.717) is 0 Å². The monoisotopic (exact) mass is 460 g/mol. The Labute approximate surface area is 191 Å². The largest absolute Gasteiger partial charge is 0.0836 e. The zero-order valence-electron chi connectivity index (χ0n) is 17.3. The van der Waals surface area contributed by atoms with Gasteiger partial charge in [-0.1, -0.05) is 108 Å². The molecule has 0 amide bonds. The highest BCUT2D eigenvalue weighted by Gasteiger charge is 2.63. The lowest BCUT2D eigenvalue weighted by molar-refractivity contribution is 0.329. The number of benzene rings is 4. The van der Waals surface area contributed by atoms with E-state index in [1.54, 1.807) is 0 Å². The molecule has 148 valence electrons. The lowest BCUT2D eigenvalue weighted by Crippen LogP contribution is -2.41. The van der Waals surface area contributed by atoms with Gasteiger partial charge < -0.3 is 0 Å². The molecule has 0 aliphatic heterocycles. The molecule has 4 aromatic carbocycles. The summed E-state index contributed by atoms with van der Waals surface area (Å²) in [4.78, 5) is 0. The summed E-state index contributed by atoms with van der Waals surface area (Å²) >= 11 is 3.81. The predicted molar refractivity (Wildman–Crippen MR) is 133 cm³/mol. The number of hydrogen-bond donors (Lipinski definition) is 0. The molecule has 0 aromatic heterocycles. The van der Waals surface area contributed by atoms with Gasteiger partial charge in [0, 0.05) is 9.89 Å². The summed E-state index contributed by atoms with van der Waals surface area (Å²) in [6.45, 7) is 2.49. The fourth-order valence-corrected chi connectivity index (χ4v) is 7.16. The molecule has 7 rings (SSSR count). The molecule has 3 aliphatic carbocycles. The van der Waals surface area contributed by atoms with Gasteiger partial charge in [0.1, 0.15) is 0 Å². The molecule has 3 aliphatic rings. The molecule has 0 fully saturated rings. The molecule has 0 radical (unpaired) electrons. The highest BCUT2D eigenvalue weighted by atomic mass is 79.9. The van der Waals surface area contributed by atoms with Crippen LogP contribution in [0.4, 0.5) is 0 Å². The molecular formula is C30H21Br. The van der Waals surface area contributed by atoms with E-state index in [0.717, 1.165) is 10.9 Å². The third kappa shape index (κ3) is 1.93. The number of rotatable bonds is 0. The smallest absolute Gasteiger partial charge is 0.0572 e. The third-order valence-electron chi connectivity index (χ3n) is 7.95. The standard InChI is InChI=1S/C30H21Br/c1-29-17-7-6-11-25(29)24-10-4-5-12-26(24)30(29)27-18-20(31)14-16-22(27)23-15-13-19-8-2-3-9-21(19)28(23)30/h2-16,18H,17H2,1H3. The molecule has 0 N–H and O–H groups in total. The maximum absolute atomic E-state index is 3.81. The van der Waals surface area contributed by atoms with Crippen molar-refractivity contribution in [1.29, 1.82) is 0 Å². The van der Waals surface area contributed by atoms with Crippen molar-refractivity contribution in [3.8, 4) is 11.1 Å². The van der Waals surface area contributed by atoms with Crippen LogP contribution >= 0.6 is 15.9 Å². The van der Waals surface area contributed by atoms with Gasteiger partial charge in [-0.2, -0.15) is 0 Å². The van der Waals surface area contributed by atoms with Crippen LogP contribution in [0.3, 0.4) is 0 Å². The van der Waals surface area contributed by atoms with Crippen molar-refractivity contribution in [3.05, 3.63) is 124 Å². The highest BCUT2D eigenvalue weighted by molar-refractivity contribution is 9.10. The van der Waals surface area contributed by atoms with Gasteiger partial charge >= 0.3 is 0 Å². The summed E-state index contributed by atoms with van der Waals surface area (Å²) in [5.41, 5.74) is 9.73. The van der Waals surface area contributed by atoms with Crippen molar-refractivity contribution in [2.24, 2.45) is 5.41 Å². The molecule has 0 saturated carbocycles. The van der Waals surface area contributed by atoms with Crippen LogP contribution in [0, 0.1) is 5.41 Å². The Morgan fingerprint density at radius 2 is 1.58 bits per heavy atom. The van der Waals surface area contributed by atoms with Gasteiger partial charge in [0.25, 0.3) is 0 Å². The SMILES string of the molecule is CC12CC=CC=C1c1ccccc1C21c2cc(Br)ccc2-c2ccc3ccccc3c21. The third-order valence-corrected chi connectivity index (χ3v) is 8.44. The molecule has 0 bridgehead atoms. The molecule has 1 spiro atoms. The predicted octanol–water partition coefficient (Wildman–Crippen LogP) is 8.28. The van der Waals surface area contributed by atoms with Gasteiger partial charge in [0.15, 0.2) is 0 Å². The van der Waals surface area contributed by atoms with Crippen LogP contribution in [0.5, 0.6) is 0 Å². The van der Waals surface area contributed by atoms with E-state index in [9.17, 15) is 0 Å². The van der Waals surface area contributed by atoms with Gasteiger partial charge in [0.2, 0.25) is 0 Å². The van der Waals surface area contributed by atoms with Crippen molar-refractivity contribution >= 4 is 32.3 Å². The lowest BCUT2D eigenvalue weighted by atomic mass is 9.56. The van der Waals surface area contributed by atoms with Crippen LogP contribution in [0.2, 0.25) is 0 Å². The Morgan fingerprint density at radius 1 is 0.774 bits per heavy atom. The minimum Gasteiger partial charge on any atom is -0.0836 e. The van der Waals surface area contributed by atoms with E-state index in [1.807, 2.05) is 0 Å². The normalized spacial score (nSPS) is 24.6. The fraction of sp³-hybridized carbons (Fsp3) is 0.133. The minimum atomic E-state index is -0.213. The number of hydrogen-bond acceptors (Lipinski definition) is 0. The number of halogens is 1. The zero-order valence-corrected chi connectivity index (χ0v) is 18.9. The highest BCUT2D eigenvalue weighted by Crippen LogP contribution is 2.71. The second kappa shape index (κ2) is 5.87. The lowest BCUT2D eigenvalue weighted by Gasteiger charge is -2.45. The second-order valence-corrected chi connectivity index (χ2v) is 10.2. The Balaban J connectivity index is 1.77. The first-order valence-electron chi connectivity index (χ1n) is 11.0. The van der Waals surface area contributed by atoms with Crippen LogP contribution in [0.25, 0.3) is 27.5 Å². The Kier molecular flexibility index (Phi) is 3.36. The molecular weight excluding hydrogens is 440 g/mol. The van der Waals surface area contributed by atoms with Crippen molar-refractivity contribution in [2.45, 2.75) is 18.8 Å². The second-order valence-electron chi connectivity index (χ2n) is 9.24. The molecule has 2 unspecified atom stereocenters. The van der Waals surface area contributed by atoms with E-state index < -0.39 is 0 Å². The Morgan fingerprint density at radius 3 is 2.52 bits per heavy atom. The molecule has 0 heterocycles. The first-order chi connectivity index (χ1) is 15.2. The van der Waals surface area contributed by atoms with Crippen LogP contribution in [-0.2, 0) is 5.41 Å². The molecule has 4 aromatic rings. The summed E-state index contributed by atoms with van der Waals surface area (Å²) in [6, 6.07) is 29.6. The molecule has 1 heteroatoms. The van der Waals surface area contributed by atoms with Crippen LogP contribution in [0.15, 0.2) is 102 Å². The zero-order chi connectivity index (χ0) is 20.8. The van der Waals surface area contributed by atoms with Crippen molar-refractivity contribution in [2.75, 3.05) is 0 Å². The van der Waals surface area contributed by atoms with Crippen molar-refractivity contribution in [1.82, 2.24) is 0 Å². The quantitative estimate of drug-likeness (QED) is 0.247. The van der Waals surface area contributed by atoms with E-state index in [4.69, 9.17) is 0 Å². The van der Waals surface area contributed by atoms with Gasteiger partial charge in [0.05, 0.1) is 5.41 Å². The summed E-state index contributed by atoms with van der Waals surface area (Å²) in [6.07, 6.45) is 7.99. The Bertz CT molecular complexity index is 1490. The van der Waals surface area contributed by atoms with Crippen LogP contribution < -0.4 is 0 Å². The maximum atomic E-state index is 3.81. The molecule has 0 nitrogen and oxygen atoms in total. The molecule has 2 atom stereocenters. The van der Waals surface area contributed by atoms with Crippen molar-refractivity contribution < 1.29 is 0 Å². The molecule has 0 saturated heterocycles. The van der Waals surface area contributed by atoms with Gasteiger partial charge in [-0.05, 0) is 68.3 Å². The van der Waals surface area contributed by atoms with Gasteiger partial charge in [-0.3, -0.25) is 0 Å². The summed E-state index contributed by atoms with van der Waals surface area (Å²) in [7, 11) is 0. The number of fused-ring (bicyclic) bond motifs is 12. The summed E-state index contributed by atoms with van der Waals surface area (Å²) in [5.74, 6) is 0. The van der Waals surface area contributed by atoms with Crippen LogP contribution in [-0.4, -0.2) is 0 Å². The summed E-state index contributed by atoms with van der Waals surface area (Å²) < 4.78 is 1.15. The van der Waals surface area contributed by atoms with E-state index in [2.05, 4.69) is 120 Å². The first-order valence-corrected chi connectivity index (χ1v) is 11.8. The van der Waals surface area contributed by atoms with Crippen molar-refractivity contribution in [3.63, 3.8) is 0 Å². The number of allylic oxidation sites excluding steroid dienone is 4. The average molecular weight is 461 g/mol. The van der Waals surface area contributed by atoms with Gasteiger partial charge in [-0.15, -0.1) is 0 Å². The minimum absolute atomic E-state index is 0.0453. The maximum Gasteiger partial charge on any atom is 0.0572 e. The fourth-order valence-electron chi connectivity index (χ4n) is 6.80. The first kappa shape index (κ1) is 17.7. The Hall–Kier alpha value is -2.90. The van der Waals surface area contributed by atoms with E-state index in [1.165, 1.54) is 49.7 Å². The van der Waals surface area contributed by atoms with Gasteiger partial charge in [-0.25, -0.2) is 0 Å². The average Bonchev–Trinajstić information content (AvgIpc) is 3.23. The van der Waals surface area contributed by atoms with Crippen LogP contribution in [0.1, 0.15) is 35.6 Å².